The molecule has 2 rings (SSSR count). The van der Waals surface area contributed by atoms with Gasteiger partial charge in [-0.25, -0.2) is 0 Å². The predicted molar refractivity (Wildman–Crippen MR) is 88.5 cm³/mol. The first-order valence-electron chi connectivity index (χ1n) is 7.62. The van der Waals surface area contributed by atoms with Gasteiger partial charge in [0.1, 0.15) is 5.69 Å². The van der Waals surface area contributed by atoms with Crippen LogP contribution >= 0.6 is 0 Å². The van der Waals surface area contributed by atoms with Crippen LogP contribution in [-0.2, 0) is 11.3 Å². The van der Waals surface area contributed by atoms with Crippen molar-refractivity contribution in [2.75, 3.05) is 20.3 Å². The fraction of sp³-hybridized carbons (Fsp3) is 0.294. The van der Waals surface area contributed by atoms with Crippen LogP contribution in [0.2, 0.25) is 0 Å². The normalized spacial score (nSPS) is 10.2. The van der Waals surface area contributed by atoms with Crippen LogP contribution in [-0.4, -0.2) is 42.0 Å². The molecule has 2 aromatic heterocycles. The standard InChI is InChI=1S/C17H20N4O3/c1-24-10-4-8-20-16(22)13-6-9-19-15(11-13)17(23)21-12-14-5-2-3-7-18-14/h2-3,5-7,9,11H,4,8,10,12H2,1H3,(H,20,22)(H,21,23). The molecule has 7 heteroatoms. The van der Waals surface area contributed by atoms with E-state index in [0.29, 0.717) is 25.3 Å². The van der Waals surface area contributed by atoms with Gasteiger partial charge in [-0.05, 0) is 30.7 Å². The summed E-state index contributed by atoms with van der Waals surface area (Å²) in [6.07, 6.45) is 3.83. The van der Waals surface area contributed by atoms with Gasteiger partial charge in [0.05, 0.1) is 12.2 Å². The van der Waals surface area contributed by atoms with Crippen LogP contribution in [0.3, 0.4) is 0 Å². The van der Waals surface area contributed by atoms with Crippen molar-refractivity contribution in [3.8, 4) is 0 Å². The fourth-order valence-corrected chi connectivity index (χ4v) is 1.98. The van der Waals surface area contributed by atoms with Crippen molar-refractivity contribution in [2.45, 2.75) is 13.0 Å². The number of pyridine rings is 2. The summed E-state index contributed by atoms with van der Waals surface area (Å²) in [7, 11) is 1.61. The zero-order chi connectivity index (χ0) is 17.2. The highest BCUT2D eigenvalue weighted by Crippen LogP contribution is 2.03. The van der Waals surface area contributed by atoms with Gasteiger partial charge >= 0.3 is 0 Å². The van der Waals surface area contributed by atoms with Gasteiger partial charge in [-0.2, -0.15) is 0 Å². The Labute approximate surface area is 140 Å². The lowest BCUT2D eigenvalue weighted by Crippen LogP contribution is -2.27. The minimum atomic E-state index is -0.352. The molecule has 0 aromatic carbocycles. The number of ether oxygens (including phenoxy) is 1. The molecular formula is C17H20N4O3. The number of amides is 2. The highest BCUT2D eigenvalue weighted by Gasteiger charge is 2.11. The summed E-state index contributed by atoms with van der Waals surface area (Å²) < 4.78 is 4.92. The van der Waals surface area contributed by atoms with E-state index in [1.165, 1.54) is 12.3 Å². The summed E-state index contributed by atoms with van der Waals surface area (Å²) in [5.41, 5.74) is 1.33. The van der Waals surface area contributed by atoms with Crippen LogP contribution in [0.25, 0.3) is 0 Å². The molecule has 0 radical (unpaired) electrons. The van der Waals surface area contributed by atoms with Crippen molar-refractivity contribution < 1.29 is 14.3 Å². The molecular weight excluding hydrogens is 308 g/mol. The first-order valence-corrected chi connectivity index (χ1v) is 7.62. The third kappa shape index (κ3) is 5.44. The smallest absolute Gasteiger partial charge is 0.270 e. The molecule has 0 bridgehead atoms. The van der Waals surface area contributed by atoms with E-state index in [1.807, 2.05) is 18.2 Å². The van der Waals surface area contributed by atoms with E-state index in [2.05, 4.69) is 20.6 Å². The third-order valence-electron chi connectivity index (χ3n) is 3.22. The van der Waals surface area contributed by atoms with E-state index in [9.17, 15) is 9.59 Å². The molecule has 7 nitrogen and oxygen atoms in total. The summed E-state index contributed by atoms with van der Waals surface area (Å²) in [6, 6.07) is 8.51. The largest absolute Gasteiger partial charge is 0.385 e. The van der Waals surface area contributed by atoms with Crippen molar-refractivity contribution in [3.05, 3.63) is 59.7 Å². The molecule has 0 saturated heterocycles. The van der Waals surface area contributed by atoms with E-state index in [4.69, 9.17) is 4.74 Å². The molecule has 126 valence electrons. The van der Waals surface area contributed by atoms with Gasteiger partial charge < -0.3 is 15.4 Å². The van der Waals surface area contributed by atoms with Crippen LogP contribution in [0.4, 0.5) is 0 Å². The molecule has 2 aromatic rings. The second kappa shape index (κ2) is 9.36. The molecule has 0 aliphatic heterocycles. The first-order chi connectivity index (χ1) is 11.7. The maximum atomic E-state index is 12.1. The molecule has 0 spiro atoms. The van der Waals surface area contributed by atoms with Crippen LogP contribution in [0, 0.1) is 0 Å². The fourth-order valence-electron chi connectivity index (χ4n) is 1.98. The van der Waals surface area contributed by atoms with Crippen LogP contribution in [0.5, 0.6) is 0 Å². The van der Waals surface area contributed by atoms with E-state index in [1.54, 1.807) is 19.4 Å². The first kappa shape index (κ1) is 17.6. The van der Waals surface area contributed by atoms with Gasteiger partial charge in [0.25, 0.3) is 11.8 Å². The quantitative estimate of drug-likeness (QED) is 0.710. The second-order valence-electron chi connectivity index (χ2n) is 5.04. The van der Waals surface area contributed by atoms with E-state index >= 15 is 0 Å². The molecule has 2 N–H and O–H groups in total. The van der Waals surface area contributed by atoms with Gasteiger partial charge in [0.2, 0.25) is 0 Å². The molecule has 0 unspecified atom stereocenters. The topological polar surface area (TPSA) is 93.2 Å². The zero-order valence-corrected chi connectivity index (χ0v) is 13.5. The Morgan fingerprint density at radius 1 is 1.08 bits per heavy atom. The number of aromatic nitrogens is 2. The van der Waals surface area contributed by atoms with Crippen LogP contribution in [0.1, 0.15) is 33.0 Å². The Morgan fingerprint density at radius 2 is 1.96 bits per heavy atom. The Morgan fingerprint density at radius 3 is 2.71 bits per heavy atom. The lowest BCUT2D eigenvalue weighted by molar-refractivity contribution is 0.0945. The predicted octanol–water partition coefficient (Wildman–Crippen LogP) is 1.17. The van der Waals surface area contributed by atoms with Crippen molar-refractivity contribution in [3.63, 3.8) is 0 Å². The number of methoxy groups -OCH3 is 1. The number of hydrogen-bond donors (Lipinski definition) is 2. The maximum absolute atomic E-state index is 12.1. The Balaban J connectivity index is 1.91. The maximum Gasteiger partial charge on any atom is 0.270 e. The van der Waals surface area contributed by atoms with Crippen LogP contribution < -0.4 is 10.6 Å². The van der Waals surface area contributed by atoms with Crippen molar-refractivity contribution >= 4 is 11.8 Å². The molecule has 0 aliphatic rings. The molecule has 0 saturated carbocycles. The average Bonchev–Trinajstić information content (AvgIpc) is 2.64. The lowest BCUT2D eigenvalue weighted by Gasteiger charge is -2.07. The monoisotopic (exact) mass is 328 g/mol. The molecule has 2 amide bonds. The summed E-state index contributed by atoms with van der Waals surface area (Å²) >= 11 is 0. The molecule has 0 aliphatic carbocycles. The van der Waals surface area contributed by atoms with Gasteiger partial charge in [-0.3, -0.25) is 19.6 Å². The number of carbonyl (C=O) groups is 2. The lowest BCUT2D eigenvalue weighted by atomic mass is 10.2. The molecule has 0 atom stereocenters. The van der Waals surface area contributed by atoms with Crippen molar-refractivity contribution in [2.24, 2.45) is 0 Å². The van der Waals surface area contributed by atoms with Gasteiger partial charge in [0.15, 0.2) is 0 Å². The Bertz CT molecular complexity index is 677. The average molecular weight is 328 g/mol. The van der Waals surface area contributed by atoms with E-state index in [-0.39, 0.29) is 17.5 Å². The third-order valence-corrected chi connectivity index (χ3v) is 3.22. The highest BCUT2D eigenvalue weighted by atomic mass is 16.5. The zero-order valence-electron chi connectivity index (χ0n) is 13.5. The SMILES string of the molecule is COCCCNC(=O)c1ccnc(C(=O)NCc2ccccn2)c1. The minimum absolute atomic E-state index is 0.190. The van der Waals surface area contributed by atoms with Gasteiger partial charge in [-0.1, -0.05) is 6.07 Å². The molecule has 24 heavy (non-hydrogen) atoms. The number of carbonyl (C=O) groups excluding carboxylic acids is 2. The molecule has 0 fully saturated rings. The Hall–Kier alpha value is -2.80. The van der Waals surface area contributed by atoms with Gasteiger partial charge in [0, 0.05) is 38.2 Å². The summed E-state index contributed by atoms with van der Waals surface area (Å²) in [5, 5.41) is 5.50. The van der Waals surface area contributed by atoms with Gasteiger partial charge in [-0.15, -0.1) is 0 Å². The van der Waals surface area contributed by atoms with Crippen molar-refractivity contribution in [1.29, 1.82) is 0 Å². The van der Waals surface area contributed by atoms with Crippen LogP contribution in [0.15, 0.2) is 42.7 Å². The highest BCUT2D eigenvalue weighted by molar-refractivity contribution is 5.98. The summed E-state index contributed by atoms with van der Waals surface area (Å²) in [6.45, 7) is 1.39. The van der Waals surface area contributed by atoms with Crippen molar-refractivity contribution in [1.82, 2.24) is 20.6 Å². The number of nitrogens with one attached hydrogen (secondary N) is 2. The second-order valence-corrected chi connectivity index (χ2v) is 5.04. The number of rotatable bonds is 8. The number of nitrogens with zero attached hydrogens (tertiary/aromatic N) is 2. The molecule has 2 heterocycles. The summed E-state index contributed by atoms with van der Waals surface area (Å²) in [5.74, 6) is -0.595. The number of hydrogen-bond acceptors (Lipinski definition) is 5. The van der Waals surface area contributed by atoms with E-state index < -0.39 is 0 Å². The minimum Gasteiger partial charge on any atom is -0.385 e. The Kier molecular flexibility index (Phi) is 6.85. The van der Waals surface area contributed by atoms with E-state index in [0.717, 1.165) is 12.1 Å². The summed E-state index contributed by atoms with van der Waals surface area (Å²) in [4.78, 5) is 32.3.